The van der Waals surface area contributed by atoms with Gasteiger partial charge in [-0.05, 0) is 42.8 Å². The summed E-state index contributed by atoms with van der Waals surface area (Å²) in [5.41, 5.74) is 1.53. The number of hydrogen-bond donors (Lipinski definition) is 1. The van der Waals surface area contributed by atoms with E-state index in [1.165, 1.54) is 31.5 Å². The number of hydrogen-bond acceptors (Lipinski definition) is 1. The van der Waals surface area contributed by atoms with Crippen LogP contribution in [-0.2, 0) is 0 Å². The Morgan fingerprint density at radius 1 is 1.31 bits per heavy atom. The van der Waals surface area contributed by atoms with Gasteiger partial charge in [0.1, 0.15) is 0 Å². The van der Waals surface area contributed by atoms with Gasteiger partial charge in [0, 0.05) is 0 Å². The van der Waals surface area contributed by atoms with Crippen molar-refractivity contribution in [3.63, 3.8) is 0 Å². The molecule has 0 saturated heterocycles. The van der Waals surface area contributed by atoms with Gasteiger partial charge < -0.3 is 5.32 Å². The highest BCUT2D eigenvalue weighted by Gasteiger charge is 2.37. The van der Waals surface area contributed by atoms with Crippen molar-refractivity contribution >= 4 is 0 Å². The Bertz CT molecular complexity index is 306. The zero-order valence-electron chi connectivity index (χ0n) is 10.4. The van der Waals surface area contributed by atoms with Gasteiger partial charge in [-0.15, -0.1) is 0 Å². The van der Waals surface area contributed by atoms with Gasteiger partial charge in [-0.2, -0.15) is 0 Å². The summed E-state index contributed by atoms with van der Waals surface area (Å²) < 4.78 is 0. The highest BCUT2D eigenvalue weighted by molar-refractivity contribution is 5.25. The van der Waals surface area contributed by atoms with Gasteiger partial charge in [0.25, 0.3) is 0 Å². The largest absolute Gasteiger partial charge is 0.316 e. The Balaban J connectivity index is 1.68. The van der Waals surface area contributed by atoms with Crippen LogP contribution in [0.4, 0.5) is 0 Å². The molecule has 0 aliphatic heterocycles. The van der Waals surface area contributed by atoms with Crippen LogP contribution in [0, 0.1) is 11.8 Å². The van der Waals surface area contributed by atoms with Gasteiger partial charge >= 0.3 is 0 Å². The fraction of sp³-hybridized carbons (Fsp3) is 0.600. The van der Waals surface area contributed by atoms with Crippen LogP contribution in [0.3, 0.4) is 0 Å². The predicted molar refractivity (Wildman–Crippen MR) is 69.6 cm³/mol. The topological polar surface area (TPSA) is 12.0 Å². The summed E-state index contributed by atoms with van der Waals surface area (Å²) in [6.07, 6.45) is 2.65. The van der Waals surface area contributed by atoms with Crippen molar-refractivity contribution in [2.24, 2.45) is 11.8 Å². The molecule has 1 heteroatoms. The molecule has 1 nitrogen and oxygen atoms in total. The summed E-state index contributed by atoms with van der Waals surface area (Å²) in [6.45, 7) is 6.95. The summed E-state index contributed by atoms with van der Waals surface area (Å²) in [6, 6.07) is 10.9. The van der Waals surface area contributed by atoms with E-state index in [2.05, 4.69) is 49.5 Å². The first-order chi connectivity index (χ1) is 7.81. The average molecular weight is 217 g/mol. The molecule has 0 aromatic heterocycles. The van der Waals surface area contributed by atoms with E-state index < -0.39 is 0 Å². The minimum absolute atomic E-state index is 0.814. The standard InChI is InChI=1S/C15H23N/c1-3-12(2)10-16-11-14-9-15(14)13-7-5-4-6-8-13/h4-8,12,14-16H,3,9-11H2,1-2H3. The van der Waals surface area contributed by atoms with Crippen LogP contribution >= 0.6 is 0 Å². The summed E-state index contributed by atoms with van der Waals surface area (Å²) >= 11 is 0. The lowest BCUT2D eigenvalue weighted by Crippen LogP contribution is -2.23. The highest BCUT2D eigenvalue weighted by atomic mass is 14.9. The van der Waals surface area contributed by atoms with Crippen LogP contribution in [0.1, 0.15) is 38.2 Å². The monoisotopic (exact) mass is 217 g/mol. The summed E-state index contributed by atoms with van der Waals surface area (Å²) in [4.78, 5) is 0. The van der Waals surface area contributed by atoms with E-state index in [9.17, 15) is 0 Å². The molecule has 1 aromatic rings. The normalized spacial score (nSPS) is 25.4. The molecule has 3 atom stereocenters. The molecule has 1 fully saturated rings. The quantitative estimate of drug-likeness (QED) is 0.770. The molecule has 1 aromatic carbocycles. The van der Waals surface area contributed by atoms with Crippen molar-refractivity contribution in [1.82, 2.24) is 5.32 Å². The second kappa shape index (κ2) is 5.49. The van der Waals surface area contributed by atoms with E-state index in [-0.39, 0.29) is 0 Å². The fourth-order valence-electron chi connectivity index (χ4n) is 2.24. The van der Waals surface area contributed by atoms with Crippen LogP contribution in [0.2, 0.25) is 0 Å². The van der Waals surface area contributed by atoms with Crippen LogP contribution in [0.15, 0.2) is 30.3 Å². The molecule has 0 radical (unpaired) electrons. The predicted octanol–water partition coefficient (Wildman–Crippen LogP) is 3.43. The minimum atomic E-state index is 0.814. The molecule has 88 valence electrons. The highest BCUT2D eigenvalue weighted by Crippen LogP contribution is 2.46. The van der Waals surface area contributed by atoms with E-state index in [0.29, 0.717) is 0 Å². The maximum atomic E-state index is 3.60. The van der Waals surface area contributed by atoms with E-state index >= 15 is 0 Å². The molecule has 0 bridgehead atoms. The molecule has 0 spiro atoms. The SMILES string of the molecule is CCC(C)CNCC1CC1c1ccccc1. The number of rotatable bonds is 6. The molecule has 1 aliphatic carbocycles. The first-order valence-electron chi connectivity index (χ1n) is 6.57. The molecular formula is C15H23N. The lowest BCUT2D eigenvalue weighted by atomic mass is 10.1. The number of benzene rings is 1. The second-order valence-corrected chi connectivity index (χ2v) is 5.18. The van der Waals surface area contributed by atoms with Crippen molar-refractivity contribution < 1.29 is 0 Å². The van der Waals surface area contributed by atoms with E-state index in [1.54, 1.807) is 0 Å². The van der Waals surface area contributed by atoms with Crippen LogP contribution in [-0.4, -0.2) is 13.1 Å². The third-order valence-electron chi connectivity index (χ3n) is 3.75. The van der Waals surface area contributed by atoms with Crippen molar-refractivity contribution in [3.05, 3.63) is 35.9 Å². The van der Waals surface area contributed by atoms with E-state index in [1.807, 2.05) is 0 Å². The minimum Gasteiger partial charge on any atom is -0.316 e. The molecule has 0 heterocycles. The van der Waals surface area contributed by atoms with Crippen LogP contribution in [0.25, 0.3) is 0 Å². The summed E-state index contributed by atoms with van der Waals surface area (Å²) in [5.74, 6) is 2.52. The van der Waals surface area contributed by atoms with Crippen LogP contribution < -0.4 is 5.32 Å². The van der Waals surface area contributed by atoms with E-state index in [0.717, 1.165) is 17.8 Å². The van der Waals surface area contributed by atoms with Gasteiger partial charge in [-0.25, -0.2) is 0 Å². The van der Waals surface area contributed by atoms with Gasteiger partial charge in [-0.1, -0.05) is 50.6 Å². The van der Waals surface area contributed by atoms with E-state index in [4.69, 9.17) is 0 Å². The Morgan fingerprint density at radius 2 is 2.06 bits per heavy atom. The van der Waals surface area contributed by atoms with Gasteiger partial charge in [0.2, 0.25) is 0 Å². The molecule has 1 aliphatic rings. The van der Waals surface area contributed by atoms with Crippen molar-refractivity contribution in [2.75, 3.05) is 13.1 Å². The first-order valence-corrected chi connectivity index (χ1v) is 6.57. The van der Waals surface area contributed by atoms with Crippen LogP contribution in [0.5, 0.6) is 0 Å². The molecule has 3 unspecified atom stereocenters. The lowest BCUT2D eigenvalue weighted by molar-refractivity contribution is 0.489. The maximum Gasteiger partial charge on any atom is -0.00143 e. The molecule has 0 amide bonds. The van der Waals surface area contributed by atoms with Crippen molar-refractivity contribution in [3.8, 4) is 0 Å². The molecule has 1 N–H and O–H groups in total. The van der Waals surface area contributed by atoms with Gasteiger partial charge in [0.15, 0.2) is 0 Å². The molecule has 1 saturated carbocycles. The van der Waals surface area contributed by atoms with Crippen molar-refractivity contribution in [2.45, 2.75) is 32.6 Å². The third-order valence-corrected chi connectivity index (χ3v) is 3.75. The molecule has 16 heavy (non-hydrogen) atoms. The smallest absolute Gasteiger partial charge is 0.00143 e. The van der Waals surface area contributed by atoms with Gasteiger partial charge in [0.05, 0.1) is 0 Å². The van der Waals surface area contributed by atoms with Gasteiger partial charge in [-0.3, -0.25) is 0 Å². The second-order valence-electron chi connectivity index (χ2n) is 5.18. The summed E-state index contributed by atoms with van der Waals surface area (Å²) in [5, 5.41) is 3.60. The zero-order valence-corrected chi connectivity index (χ0v) is 10.4. The zero-order chi connectivity index (χ0) is 11.4. The Labute approximate surface area is 99.3 Å². The van der Waals surface area contributed by atoms with Crippen molar-refractivity contribution in [1.29, 1.82) is 0 Å². The first kappa shape index (κ1) is 11.7. The maximum absolute atomic E-state index is 3.60. The summed E-state index contributed by atoms with van der Waals surface area (Å²) in [7, 11) is 0. The Morgan fingerprint density at radius 3 is 2.75 bits per heavy atom. The third kappa shape index (κ3) is 3.08. The lowest BCUT2D eigenvalue weighted by Gasteiger charge is -2.09. The number of nitrogens with one attached hydrogen (secondary N) is 1. The Hall–Kier alpha value is -0.820. The Kier molecular flexibility index (Phi) is 4.00. The molecule has 2 rings (SSSR count). The fourth-order valence-corrected chi connectivity index (χ4v) is 2.24. The molecular weight excluding hydrogens is 194 g/mol. The average Bonchev–Trinajstić information content (AvgIpc) is 3.09.